The minimum absolute atomic E-state index is 0.0147. The van der Waals surface area contributed by atoms with Crippen LogP contribution in [0, 0.1) is 10.1 Å². The third-order valence-corrected chi connectivity index (χ3v) is 3.54. The fourth-order valence-corrected chi connectivity index (χ4v) is 2.37. The zero-order chi connectivity index (χ0) is 17.8. The molecule has 3 rings (SSSR count). The van der Waals surface area contributed by atoms with Crippen molar-refractivity contribution in [2.24, 2.45) is 0 Å². The van der Waals surface area contributed by atoms with Crippen molar-refractivity contribution in [3.63, 3.8) is 0 Å². The fraction of sp³-hybridized carbons (Fsp3) is 0.0625. The van der Waals surface area contributed by atoms with Gasteiger partial charge in [-0.2, -0.15) is 0 Å². The summed E-state index contributed by atoms with van der Waals surface area (Å²) in [5.41, 5.74) is 6.17. The van der Waals surface area contributed by atoms with Crippen LogP contribution < -0.4 is 11.1 Å². The van der Waals surface area contributed by atoms with Gasteiger partial charge >= 0.3 is 0 Å². The first-order valence-electron chi connectivity index (χ1n) is 7.32. The van der Waals surface area contributed by atoms with Crippen LogP contribution in [0.2, 0.25) is 0 Å². The summed E-state index contributed by atoms with van der Waals surface area (Å²) in [5, 5.41) is 21.3. The Hall–Kier alpha value is -3.75. The van der Waals surface area contributed by atoms with Crippen LogP contribution in [-0.4, -0.2) is 25.6 Å². The number of nitro groups is 1. The van der Waals surface area contributed by atoms with Crippen LogP contribution in [0.25, 0.3) is 0 Å². The molecule has 0 atom stereocenters. The van der Waals surface area contributed by atoms with Crippen molar-refractivity contribution in [1.29, 1.82) is 0 Å². The number of rotatable bonds is 5. The lowest BCUT2D eigenvalue weighted by Gasteiger charge is -2.09. The Bertz CT molecular complexity index is 923. The molecule has 0 fully saturated rings. The molecule has 3 aromatic rings. The molecule has 0 bridgehead atoms. The molecule has 0 saturated heterocycles. The van der Waals surface area contributed by atoms with Crippen LogP contribution in [0.4, 0.5) is 17.3 Å². The van der Waals surface area contributed by atoms with Gasteiger partial charge in [-0.05, 0) is 11.6 Å². The van der Waals surface area contributed by atoms with Crippen LogP contribution in [0.3, 0.4) is 0 Å². The smallest absolute Gasteiger partial charge is 0.284 e. The number of carbonyl (C=O) groups excluding carboxylic acids is 1. The predicted molar refractivity (Wildman–Crippen MR) is 91.0 cm³/mol. The Morgan fingerprint density at radius 2 is 1.96 bits per heavy atom. The summed E-state index contributed by atoms with van der Waals surface area (Å²) in [5.74, 6) is -0.543. The largest absolute Gasteiger partial charge is 0.398 e. The minimum atomic E-state index is -0.716. The van der Waals surface area contributed by atoms with Crippen LogP contribution in [-0.2, 0) is 6.54 Å². The molecule has 1 heterocycles. The molecular weight excluding hydrogens is 324 g/mol. The van der Waals surface area contributed by atoms with Gasteiger partial charge in [-0.1, -0.05) is 36.4 Å². The molecule has 0 spiro atoms. The second-order valence-electron chi connectivity index (χ2n) is 5.22. The third kappa shape index (κ3) is 3.44. The maximum absolute atomic E-state index is 12.5. The van der Waals surface area contributed by atoms with E-state index in [0.717, 1.165) is 5.56 Å². The number of nitro benzene ring substituents is 1. The standard InChI is InChI=1S/C16H14N6O3/c17-12-7-4-8-13(22(24)25)14(12)15(23)19-16-20-18-10-21(16)9-11-5-2-1-3-6-11/h1-8,10H,9,17H2,(H,19,20,23). The Morgan fingerprint density at radius 1 is 1.20 bits per heavy atom. The monoisotopic (exact) mass is 338 g/mol. The van der Waals surface area contributed by atoms with Gasteiger partial charge in [0.1, 0.15) is 11.9 Å². The number of hydrogen-bond acceptors (Lipinski definition) is 6. The quantitative estimate of drug-likeness (QED) is 0.416. The van der Waals surface area contributed by atoms with Crippen molar-refractivity contribution in [2.75, 3.05) is 11.1 Å². The van der Waals surface area contributed by atoms with Gasteiger partial charge in [-0.15, -0.1) is 10.2 Å². The van der Waals surface area contributed by atoms with Gasteiger partial charge < -0.3 is 5.73 Å². The van der Waals surface area contributed by atoms with Gasteiger partial charge in [0.2, 0.25) is 5.95 Å². The number of hydrogen-bond donors (Lipinski definition) is 2. The first kappa shape index (κ1) is 16.1. The molecule has 0 saturated carbocycles. The van der Waals surface area contributed by atoms with Crippen LogP contribution in [0.15, 0.2) is 54.9 Å². The van der Waals surface area contributed by atoms with Crippen molar-refractivity contribution in [3.8, 4) is 0 Å². The number of benzene rings is 2. The summed E-state index contributed by atoms with van der Waals surface area (Å²) in [6.07, 6.45) is 1.46. The van der Waals surface area contributed by atoms with Crippen molar-refractivity contribution < 1.29 is 9.72 Å². The van der Waals surface area contributed by atoms with E-state index < -0.39 is 10.8 Å². The van der Waals surface area contributed by atoms with E-state index >= 15 is 0 Å². The topological polar surface area (TPSA) is 129 Å². The third-order valence-electron chi connectivity index (χ3n) is 3.54. The van der Waals surface area contributed by atoms with Gasteiger partial charge in [0.15, 0.2) is 0 Å². The maximum Gasteiger partial charge on any atom is 0.284 e. The van der Waals surface area contributed by atoms with E-state index in [4.69, 9.17) is 5.73 Å². The van der Waals surface area contributed by atoms with Crippen LogP contribution in [0.5, 0.6) is 0 Å². The molecule has 0 aliphatic rings. The van der Waals surface area contributed by atoms with E-state index in [9.17, 15) is 14.9 Å². The second-order valence-corrected chi connectivity index (χ2v) is 5.22. The van der Waals surface area contributed by atoms with Crippen molar-refractivity contribution in [3.05, 3.63) is 76.1 Å². The number of nitrogen functional groups attached to an aromatic ring is 1. The van der Waals surface area contributed by atoms with Gasteiger partial charge in [0, 0.05) is 6.07 Å². The number of aromatic nitrogens is 3. The fourth-order valence-electron chi connectivity index (χ4n) is 2.37. The second kappa shape index (κ2) is 6.79. The summed E-state index contributed by atoms with van der Waals surface area (Å²) in [6, 6.07) is 13.6. The molecule has 1 aromatic heterocycles. The summed E-state index contributed by atoms with van der Waals surface area (Å²) >= 11 is 0. The van der Waals surface area contributed by atoms with Crippen molar-refractivity contribution >= 4 is 23.2 Å². The van der Waals surface area contributed by atoms with Gasteiger partial charge in [0.25, 0.3) is 11.6 Å². The van der Waals surface area contributed by atoms with Crippen LogP contribution in [0.1, 0.15) is 15.9 Å². The van der Waals surface area contributed by atoms with E-state index in [-0.39, 0.29) is 22.9 Å². The SMILES string of the molecule is Nc1cccc([N+](=O)[O-])c1C(=O)Nc1nncn1Cc1ccccc1. The zero-order valence-electron chi connectivity index (χ0n) is 13.0. The molecule has 3 N–H and O–H groups in total. The van der Waals surface area contributed by atoms with E-state index in [0.29, 0.717) is 6.54 Å². The molecule has 0 aliphatic heterocycles. The first-order valence-corrected chi connectivity index (χ1v) is 7.32. The highest BCUT2D eigenvalue weighted by Crippen LogP contribution is 2.25. The summed E-state index contributed by atoms with van der Waals surface area (Å²) < 4.78 is 1.62. The lowest BCUT2D eigenvalue weighted by molar-refractivity contribution is -0.385. The lowest BCUT2D eigenvalue weighted by Crippen LogP contribution is -2.19. The number of anilines is 2. The highest BCUT2D eigenvalue weighted by Gasteiger charge is 2.24. The number of nitrogens with one attached hydrogen (secondary N) is 1. The zero-order valence-corrected chi connectivity index (χ0v) is 13.0. The average Bonchev–Trinajstić information content (AvgIpc) is 3.02. The van der Waals surface area contributed by atoms with Gasteiger partial charge in [-0.25, -0.2) is 0 Å². The molecule has 9 nitrogen and oxygen atoms in total. The lowest BCUT2D eigenvalue weighted by atomic mass is 10.1. The van der Waals surface area contributed by atoms with E-state index in [1.165, 1.54) is 24.5 Å². The number of amides is 1. The van der Waals surface area contributed by atoms with E-state index in [1.54, 1.807) is 4.57 Å². The Balaban J connectivity index is 1.86. The normalized spacial score (nSPS) is 10.4. The molecule has 0 radical (unpaired) electrons. The minimum Gasteiger partial charge on any atom is -0.398 e. The molecule has 25 heavy (non-hydrogen) atoms. The summed E-state index contributed by atoms with van der Waals surface area (Å²) in [4.78, 5) is 23.0. The number of carbonyl (C=O) groups is 1. The number of nitrogens with zero attached hydrogens (tertiary/aromatic N) is 4. The first-order chi connectivity index (χ1) is 12.1. The highest BCUT2D eigenvalue weighted by molar-refractivity contribution is 6.10. The molecule has 9 heteroatoms. The van der Waals surface area contributed by atoms with Crippen molar-refractivity contribution in [2.45, 2.75) is 6.54 Å². The van der Waals surface area contributed by atoms with Crippen LogP contribution >= 0.6 is 0 Å². The molecule has 0 aliphatic carbocycles. The molecular formula is C16H14N6O3. The molecule has 0 unspecified atom stereocenters. The Kier molecular flexibility index (Phi) is 4.38. The Morgan fingerprint density at radius 3 is 2.68 bits per heavy atom. The highest BCUT2D eigenvalue weighted by atomic mass is 16.6. The van der Waals surface area contributed by atoms with Crippen molar-refractivity contribution in [1.82, 2.24) is 14.8 Å². The Labute approximate surface area is 142 Å². The molecule has 126 valence electrons. The number of nitrogens with two attached hydrogens (primary N) is 1. The van der Waals surface area contributed by atoms with E-state index in [2.05, 4.69) is 15.5 Å². The molecule has 2 aromatic carbocycles. The van der Waals surface area contributed by atoms with Gasteiger partial charge in [-0.3, -0.25) is 24.8 Å². The average molecular weight is 338 g/mol. The summed E-state index contributed by atoms with van der Waals surface area (Å²) in [6.45, 7) is 0.440. The predicted octanol–water partition coefficient (Wildman–Crippen LogP) is 2.07. The van der Waals surface area contributed by atoms with E-state index in [1.807, 2.05) is 30.3 Å². The molecule has 1 amide bonds. The van der Waals surface area contributed by atoms with Gasteiger partial charge in [0.05, 0.1) is 17.2 Å². The maximum atomic E-state index is 12.5. The summed E-state index contributed by atoms with van der Waals surface area (Å²) in [7, 11) is 0.